The van der Waals surface area contributed by atoms with Gasteiger partial charge in [0.2, 0.25) is 5.91 Å². The first kappa shape index (κ1) is 16.0. The third-order valence-electron chi connectivity index (χ3n) is 4.21. The third-order valence-corrected chi connectivity index (χ3v) is 4.21. The quantitative estimate of drug-likeness (QED) is 0.887. The van der Waals surface area contributed by atoms with Crippen LogP contribution in [0.15, 0.2) is 24.3 Å². The van der Waals surface area contributed by atoms with Crippen LogP contribution in [-0.2, 0) is 4.79 Å². The van der Waals surface area contributed by atoms with Crippen LogP contribution in [0.4, 0.5) is 5.69 Å². The highest BCUT2D eigenvalue weighted by molar-refractivity contribution is 5.90. The van der Waals surface area contributed by atoms with Gasteiger partial charge in [0.1, 0.15) is 0 Å². The van der Waals surface area contributed by atoms with Crippen molar-refractivity contribution in [3.05, 3.63) is 29.8 Å². The van der Waals surface area contributed by atoms with E-state index in [2.05, 4.69) is 36.2 Å². The van der Waals surface area contributed by atoms with Crippen LogP contribution < -0.4 is 5.32 Å². The summed E-state index contributed by atoms with van der Waals surface area (Å²) in [6.07, 6.45) is 5.82. The molecule has 0 atom stereocenters. The van der Waals surface area contributed by atoms with E-state index in [9.17, 15) is 4.79 Å². The van der Waals surface area contributed by atoms with Crippen molar-refractivity contribution in [2.75, 3.05) is 25.0 Å². The molecule has 3 heteroatoms. The molecule has 3 nitrogen and oxygen atoms in total. The lowest BCUT2D eigenvalue weighted by Gasteiger charge is -2.19. The third kappa shape index (κ3) is 5.50. The summed E-state index contributed by atoms with van der Waals surface area (Å²) in [6, 6.07) is 8.18. The second kappa shape index (κ2) is 8.18. The zero-order valence-corrected chi connectivity index (χ0v) is 13.4. The van der Waals surface area contributed by atoms with Gasteiger partial charge in [-0.25, -0.2) is 0 Å². The summed E-state index contributed by atoms with van der Waals surface area (Å²) in [4.78, 5) is 14.4. The van der Waals surface area contributed by atoms with Crippen molar-refractivity contribution in [2.45, 2.75) is 51.9 Å². The Labute approximate surface area is 128 Å². The second-order valence-electron chi connectivity index (χ2n) is 6.33. The summed E-state index contributed by atoms with van der Waals surface area (Å²) < 4.78 is 0. The van der Waals surface area contributed by atoms with Gasteiger partial charge in [0, 0.05) is 18.7 Å². The summed E-state index contributed by atoms with van der Waals surface area (Å²) in [5.74, 6) is 0.648. The molecule has 1 aromatic rings. The molecule has 1 aliphatic heterocycles. The van der Waals surface area contributed by atoms with E-state index in [1.807, 2.05) is 12.1 Å². The molecule has 1 N–H and O–H groups in total. The molecule has 2 rings (SSSR count). The molecular formula is C18H28N2O. The molecule has 0 saturated carbocycles. The maximum absolute atomic E-state index is 12.0. The fourth-order valence-corrected chi connectivity index (χ4v) is 2.79. The number of likely N-dealkylation sites (tertiary alicyclic amines) is 1. The average Bonchev–Trinajstić information content (AvgIpc) is 2.74. The molecule has 0 unspecified atom stereocenters. The Morgan fingerprint density at radius 1 is 1.10 bits per heavy atom. The Morgan fingerprint density at radius 2 is 1.71 bits per heavy atom. The number of nitrogens with zero attached hydrogens (tertiary/aromatic N) is 1. The largest absolute Gasteiger partial charge is 0.326 e. The lowest BCUT2D eigenvalue weighted by Crippen LogP contribution is -2.28. The number of amides is 1. The van der Waals surface area contributed by atoms with E-state index in [0.717, 1.165) is 25.3 Å². The highest BCUT2D eigenvalue weighted by Crippen LogP contribution is 2.17. The molecule has 1 aromatic carbocycles. The van der Waals surface area contributed by atoms with Crippen molar-refractivity contribution in [3.63, 3.8) is 0 Å². The van der Waals surface area contributed by atoms with Crippen LogP contribution in [0, 0.1) is 0 Å². The number of anilines is 1. The molecular weight excluding hydrogens is 260 g/mol. The minimum absolute atomic E-state index is 0.122. The molecule has 1 aliphatic rings. The molecule has 1 heterocycles. The minimum atomic E-state index is 0.122. The van der Waals surface area contributed by atoms with Crippen molar-refractivity contribution in [2.24, 2.45) is 0 Å². The summed E-state index contributed by atoms with van der Waals surface area (Å²) >= 11 is 0. The minimum Gasteiger partial charge on any atom is -0.326 e. The highest BCUT2D eigenvalue weighted by Gasteiger charge is 2.11. The highest BCUT2D eigenvalue weighted by atomic mass is 16.1. The van der Waals surface area contributed by atoms with Crippen molar-refractivity contribution in [3.8, 4) is 0 Å². The van der Waals surface area contributed by atoms with Crippen LogP contribution in [-0.4, -0.2) is 30.4 Å². The fourth-order valence-electron chi connectivity index (χ4n) is 2.79. The van der Waals surface area contributed by atoms with Gasteiger partial charge in [-0.1, -0.05) is 38.8 Å². The molecule has 0 aliphatic carbocycles. The molecule has 1 amide bonds. The van der Waals surface area contributed by atoms with E-state index >= 15 is 0 Å². The molecule has 0 spiro atoms. The van der Waals surface area contributed by atoms with Gasteiger partial charge in [-0.2, -0.15) is 0 Å². The van der Waals surface area contributed by atoms with E-state index in [1.54, 1.807) is 0 Å². The Kier molecular flexibility index (Phi) is 6.24. The molecule has 116 valence electrons. The Bertz CT molecular complexity index is 431. The lowest BCUT2D eigenvalue weighted by molar-refractivity contribution is -0.116. The number of carbonyl (C=O) groups excluding carboxylic acids is 1. The van der Waals surface area contributed by atoms with Crippen molar-refractivity contribution >= 4 is 11.6 Å². The van der Waals surface area contributed by atoms with E-state index in [4.69, 9.17) is 0 Å². The molecule has 1 saturated heterocycles. The van der Waals surface area contributed by atoms with E-state index < -0.39 is 0 Å². The van der Waals surface area contributed by atoms with Crippen LogP contribution in [0.1, 0.15) is 57.4 Å². The zero-order valence-electron chi connectivity index (χ0n) is 13.4. The predicted molar refractivity (Wildman–Crippen MR) is 88.7 cm³/mol. The second-order valence-corrected chi connectivity index (χ2v) is 6.33. The number of hydrogen-bond acceptors (Lipinski definition) is 2. The fraction of sp³-hybridized carbons (Fsp3) is 0.611. The molecule has 1 fully saturated rings. The van der Waals surface area contributed by atoms with E-state index in [-0.39, 0.29) is 5.91 Å². The molecule has 21 heavy (non-hydrogen) atoms. The van der Waals surface area contributed by atoms with Gasteiger partial charge >= 0.3 is 0 Å². The van der Waals surface area contributed by atoms with Gasteiger partial charge in [0.15, 0.2) is 0 Å². The van der Waals surface area contributed by atoms with Crippen LogP contribution in [0.25, 0.3) is 0 Å². The number of hydrogen-bond donors (Lipinski definition) is 1. The first-order valence-electron chi connectivity index (χ1n) is 8.27. The van der Waals surface area contributed by atoms with Gasteiger partial charge in [-0.05, 0) is 49.5 Å². The number of benzene rings is 1. The topological polar surface area (TPSA) is 32.3 Å². The Morgan fingerprint density at radius 3 is 2.29 bits per heavy atom. The van der Waals surface area contributed by atoms with Crippen LogP contribution in [0.3, 0.4) is 0 Å². The number of carbonyl (C=O) groups is 1. The van der Waals surface area contributed by atoms with Crippen LogP contribution >= 0.6 is 0 Å². The van der Waals surface area contributed by atoms with Crippen LogP contribution in [0.5, 0.6) is 0 Å². The first-order chi connectivity index (χ1) is 10.1. The summed E-state index contributed by atoms with van der Waals surface area (Å²) in [5.41, 5.74) is 2.21. The summed E-state index contributed by atoms with van der Waals surface area (Å²) in [7, 11) is 0. The number of rotatable bonds is 5. The number of nitrogens with one attached hydrogen (secondary N) is 1. The monoisotopic (exact) mass is 288 g/mol. The average molecular weight is 288 g/mol. The summed E-state index contributed by atoms with van der Waals surface area (Å²) in [5, 5.41) is 3.00. The van der Waals surface area contributed by atoms with Crippen molar-refractivity contribution in [1.29, 1.82) is 0 Å². The van der Waals surface area contributed by atoms with Gasteiger partial charge < -0.3 is 10.2 Å². The molecule has 0 radical (unpaired) electrons. The maximum Gasteiger partial charge on any atom is 0.225 e. The Hall–Kier alpha value is -1.35. The van der Waals surface area contributed by atoms with Gasteiger partial charge in [-0.15, -0.1) is 0 Å². The maximum atomic E-state index is 12.0. The van der Waals surface area contributed by atoms with E-state index in [1.165, 1.54) is 31.2 Å². The summed E-state index contributed by atoms with van der Waals surface area (Å²) in [6.45, 7) is 7.53. The Balaban J connectivity index is 1.75. The standard InChI is InChI=1S/C18H28N2O/c1-15(2)16-7-9-17(10-8-16)19-18(21)11-14-20-12-5-3-4-6-13-20/h7-10,15H,3-6,11-14H2,1-2H3,(H,19,21). The smallest absolute Gasteiger partial charge is 0.225 e. The lowest BCUT2D eigenvalue weighted by atomic mass is 10.0. The van der Waals surface area contributed by atoms with Gasteiger partial charge in [0.05, 0.1) is 0 Å². The zero-order chi connectivity index (χ0) is 15.1. The van der Waals surface area contributed by atoms with Gasteiger partial charge in [-0.3, -0.25) is 4.79 Å². The predicted octanol–water partition coefficient (Wildman–Crippen LogP) is 4.01. The first-order valence-corrected chi connectivity index (χ1v) is 8.27. The van der Waals surface area contributed by atoms with Crippen molar-refractivity contribution < 1.29 is 4.79 Å². The molecule has 0 bridgehead atoms. The van der Waals surface area contributed by atoms with E-state index in [0.29, 0.717) is 12.3 Å². The van der Waals surface area contributed by atoms with Gasteiger partial charge in [0.25, 0.3) is 0 Å². The normalized spacial score (nSPS) is 16.7. The SMILES string of the molecule is CC(C)c1ccc(NC(=O)CCN2CCCCCC2)cc1. The van der Waals surface area contributed by atoms with Crippen molar-refractivity contribution in [1.82, 2.24) is 4.90 Å². The van der Waals surface area contributed by atoms with Crippen LogP contribution in [0.2, 0.25) is 0 Å². The molecule has 0 aromatic heterocycles.